The molecule has 1 aromatic carbocycles. The number of aliphatic hydroxyl groups is 2. The van der Waals surface area contributed by atoms with Crippen molar-refractivity contribution >= 4 is 5.91 Å². The Kier molecular flexibility index (Phi) is 7.21. The molecule has 5 heteroatoms. The van der Waals surface area contributed by atoms with Gasteiger partial charge < -0.3 is 20.0 Å². The number of nitrogens with zero attached hydrogens (tertiary/aromatic N) is 2. The molecule has 2 rings (SSSR count). The van der Waals surface area contributed by atoms with Gasteiger partial charge in [0.05, 0.1) is 5.60 Å². The molecule has 1 heterocycles. The molecule has 2 unspecified atom stereocenters. The quantitative estimate of drug-likeness (QED) is 0.779. The number of benzene rings is 1. The molecule has 0 bridgehead atoms. The van der Waals surface area contributed by atoms with Gasteiger partial charge in [0, 0.05) is 31.8 Å². The van der Waals surface area contributed by atoms with E-state index in [0.717, 1.165) is 31.5 Å². The average Bonchev–Trinajstić information content (AvgIpc) is 2.58. The van der Waals surface area contributed by atoms with Gasteiger partial charge in [-0.15, -0.1) is 0 Å². The molecule has 1 amide bonds. The van der Waals surface area contributed by atoms with Crippen LogP contribution in [-0.2, 0) is 6.42 Å². The fraction of sp³-hybridized carbons (Fsp3) is 0.667. The first-order valence-electron chi connectivity index (χ1n) is 9.54. The summed E-state index contributed by atoms with van der Waals surface area (Å²) in [4.78, 5) is 17.1. The molecule has 5 nitrogen and oxygen atoms in total. The number of likely N-dealkylation sites (tertiary alicyclic amines) is 1. The van der Waals surface area contributed by atoms with Crippen molar-refractivity contribution in [2.75, 3.05) is 40.3 Å². The SMILES string of the molecule is CN(C)CC1CC(CO)CN(C(=O)c2cccc(CCC(C)(C)O)c2)C1. The molecule has 1 saturated heterocycles. The summed E-state index contributed by atoms with van der Waals surface area (Å²) in [6.07, 6.45) is 2.36. The van der Waals surface area contributed by atoms with Crippen molar-refractivity contribution in [1.29, 1.82) is 0 Å². The van der Waals surface area contributed by atoms with Gasteiger partial charge in [-0.05, 0) is 76.7 Å². The third-order valence-corrected chi connectivity index (χ3v) is 4.99. The zero-order chi connectivity index (χ0) is 19.3. The molecule has 0 spiro atoms. The third-order valence-electron chi connectivity index (χ3n) is 4.99. The van der Waals surface area contributed by atoms with Crippen LogP contribution < -0.4 is 0 Å². The van der Waals surface area contributed by atoms with Gasteiger partial charge in [0.2, 0.25) is 0 Å². The van der Waals surface area contributed by atoms with Crippen LogP contribution >= 0.6 is 0 Å². The molecule has 1 aliphatic rings. The van der Waals surface area contributed by atoms with Crippen LogP contribution in [0.3, 0.4) is 0 Å². The molecule has 0 aromatic heterocycles. The summed E-state index contributed by atoms with van der Waals surface area (Å²) >= 11 is 0. The van der Waals surface area contributed by atoms with Gasteiger partial charge in [-0.1, -0.05) is 12.1 Å². The lowest BCUT2D eigenvalue weighted by molar-refractivity contribution is 0.0477. The monoisotopic (exact) mass is 362 g/mol. The topological polar surface area (TPSA) is 64.0 Å². The van der Waals surface area contributed by atoms with Crippen LogP contribution in [0.15, 0.2) is 24.3 Å². The summed E-state index contributed by atoms with van der Waals surface area (Å²) in [5, 5.41) is 19.5. The van der Waals surface area contributed by atoms with Crippen molar-refractivity contribution in [3.05, 3.63) is 35.4 Å². The summed E-state index contributed by atoms with van der Waals surface area (Å²) in [6.45, 7) is 6.01. The van der Waals surface area contributed by atoms with E-state index in [-0.39, 0.29) is 18.4 Å². The number of aliphatic hydroxyl groups excluding tert-OH is 1. The minimum absolute atomic E-state index is 0.0389. The van der Waals surface area contributed by atoms with Crippen LogP contribution in [0.5, 0.6) is 0 Å². The lowest BCUT2D eigenvalue weighted by Crippen LogP contribution is -2.47. The fourth-order valence-corrected chi connectivity index (χ4v) is 3.76. The van der Waals surface area contributed by atoms with Crippen LogP contribution in [-0.4, -0.2) is 71.9 Å². The predicted octanol–water partition coefficient (Wildman–Crippen LogP) is 2.02. The number of aryl methyl sites for hydroxylation is 1. The largest absolute Gasteiger partial charge is 0.396 e. The first-order chi connectivity index (χ1) is 12.2. The standard InChI is InChI=1S/C21H34N2O3/c1-21(2,26)9-8-16-6-5-7-19(11-16)20(25)23-13-17(12-22(3)4)10-18(14-23)15-24/h5-7,11,17-18,24,26H,8-10,12-15H2,1-4H3. The van der Waals surface area contributed by atoms with Crippen LogP contribution in [0.25, 0.3) is 0 Å². The Labute approximate surface area is 157 Å². The maximum absolute atomic E-state index is 13.0. The highest BCUT2D eigenvalue weighted by Gasteiger charge is 2.30. The van der Waals surface area contributed by atoms with E-state index in [9.17, 15) is 15.0 Å². The summed E-state index contributed by atoms with van der Waals surface area (Å²) in [6, 6.07) is 7.72. The molecule has 26 heavy (non-hydrogen) atoms. The average molecular weight is 363 g/mol. The molecule has 2 atom stereocenters. The zero-order valence-corrected chi connectivity index (χ0v) is 16.6. The van der Waals surface area contributed by atoms with Crippen LogP contribution in [0, 0.1) is 11.8 Å². The lowest BCUT2D eigenvalue weighted by atomic mass is 9.88. The predicted molar refractivity (Wildman–Crippen MR) is 104 cm³/mol. The van der Waals surface area contributed by atoms with E-state index in [2.05, 4.69) is 4.90 Å². The Morgan fingerprint density at radius 1 is 1.27 bits per heavy atom. The van der Waals surface area contributed by atoms with E-state index in [0.29, 0.717) is 24.4 Å². The number of amides is 1. The molecule has 1 aliphatic heterocycles. The molecule has 146 valence electrons. The summed E-state index contributed by atoms with van der Waals surface area (Å²) in [5.74, 6) is 0.575. The Morgan fingerprint density at radius 2 is 1.96 bits per heavy atom. The second-order valence-electron chi connectivity index (χ2n) is 8.64. The van der Waals surface area contributed by atoms with Gasteiger partial charge in [-0.2, -0.15) is 0 Å². The number of carbonyl (C=O) groups excluding carboxylic acids is 1. The third kappa shape index (κ3) is 6.38. The highest BCUT2D eigenvalue weighted by Crippen LogP contribution is 2.24. The fourth-order valence-electron chi connectivity index (χ4n) is 3.76. The highest BCUT2D eigenvalue weighted by molar-refractivity contribution is 5.94. The number of piperidine rings is 1. The molecular weight excluding hydrogens is 328 g/mol. The van der Waals surface area contributed by atoms with Gasteiger partial charge in [-0.3, -0.25) is 4.79 Å². The van der Waals surface area contributed by atoms with Gasteiger partial charge >= 0.3 is 0 Å². The zero-order valence-electron chi connectivity index (χ0n) is 16.6. The highest BCUT2D eigenvalue weighted by atomic mass is 16.3. The van der Waals surface area contributed by atoms with Crippen molar-refractivity contribution in [1.82, 2.24) is 9.80 Å². The van der Waals surface area contributed by atoms with E-state index in [1.54, 1.807) is 13.8 Å². The molecule has 2 N–H and O–H groups in total. The Balaban J connectivity index is 2.08. The normalized spacial score (nSPS) is 21.3. The van der Waals surface area contributed by atoms with Crippen LogP contribution in [0.2, 0.25) is 0 Å². The molecule has 0 radical (unpaired) electrons. The maximum Gasteiger partial charge on any atom is 0.253 e. The van der Waals surface area contributed by atoms with Crippen molar-refractivity contribution in [2.24, 2.45) is 11.8 Å². The lowest BCUT2D eigenvalue weighted by Gasteiger charge is -2.38. The smallest absolute Gasteiger partial charge is 0.253 e. The molecule has 1 aromatic rings. The van der Waals surface area contributed by atoms with E-state index >= 15 is 0 Å². The Morgan fingerprint density at radius 3 is 2.58 bits per heavy atom. The van der Waals surface area contributed by atoms with Crippen LogP contribution in [0.4, 0.5) is 0 Å². The van der Waals surface area contributed by atoms with Crippen molar-refractivity contribution in [2.45, 2.75) is 38.7 Å². The summed E-state index contributed by atoms with van der Waals surface area (Å²) in [7, 11) is 4.09. The van der Waals surface area contributed by atoms with E-state index < -0.39 is 5.60 Å². The minimum Gasteiger partial charge on any atom is -0.396 e. The number of carbonyl (C=O) groups is 1. The second kappa shape index (κ2) is 8.98. The molecule has 0 aliphatic carbocycles. The number of hydrogen-bond donors (Lipinski definition) is 2. The summed E-state index contributed by atoms with van der Waals surface area (Å²) in [5.41, 5.74) is 1.06. The first kappa shape index (κ1) is 20.9. The van der Waals surface area contributed by atoms with Gasteiger partial charge in [0.25, 0.3) is 5.91 Å². The Bertz CT molecular complexity index is 595. The number of hydrogen-bond acceptors (Lipinski definition) is 4. The first-order valence-corrected chi connectivity index (χ1v) is 9.54. The van der Waals surface area contributed by atoms with Crippen LogP contribution in [0.1, 0.15) is 42.6 Å². The molecule has 0 saturated carbocycles. The maximum atomic E-state index is 13.0. The van der Waals surface area contributed by atoms with Gasteiger partial charge in [0.1, 0.15) is 0 Å². The van der Waals surface area contributed by atoms with Crippen molar-refractivity contribution in [3.8, 4) is 0 Å². The second-order valence-corrected chi connectivity index (χ2v) is 8.64. The van der Waals surface area contributed by atoms with Gasteiger partial charge in [-0.25, -0.2) is 0 Å². The molecular formula is C21H34N2O3. The Hall–Kier alpha value is -1.43. The minimum atomic E-state index is -0.708. The van der Waals surface area contributed by atoms with Crippen molar-refractivity contribution < 1.29 is 15.0 Å². The van der Waals surface area contributed by atoms with E-state index in [1.165, 1.54) is 0 Å². The van der Waals surface area contributed by atoms with Crippen molar-refractivity contribution in [3.63, 3.8) is 0 Å². The van der Waals surface area contributed by atoms with Gasteiger partial charge in [0.15, 0.2) is 0 Å². The summed E-state index contributed by atoms with van der Waals surface area (Å²) < 4.78 is 0. The number of rotatable bonds is 7. The molecule has 1 fully saturated rings. The van der Waals surface area contributed by atoms with E-state index in [4.69, 9.17) is 0 Å². The van der Waals surface area contributed by atoms with E-state index in [1.807, 2.05) is 43.3 Å².